The lowest BCUT2D eigenvalue weighted by atomic mass is 9.99. The van der Waals surface area contributed by atoms with Gasteiger partial charge in [-0.05, 0) is 43.1 Å². The first-order chi connectivity index (χ1) is 16.3. The van der Waals surface area contributed by atoms with Crippen molar-refractivity contribution in [2.45, 2.75) is 31.7 Å². The van der Waals surface area contributed by atoms with E-state index in [1.54, 1.807) is 12.3 Å². The number of nitrogen functional groups attached to an aromatic ring is 1. The average Bonchev–Trinajstić information content (AvgIpc) is 2.80. The molecule has 0 spiro atoms. The maximum atomic E-state index is 13.2. The number of carbonyl (C=O) groups excluding carboxylic acids is 1. The van der Waals surface area contributed by atoms with Crippen LogP contribution < -0.4 is 21.9 Å². The van der Waals surface area contributed by atoms with Crippen molar-refractivity contribution in [3.05, 3.63) is 74.0 Å². The lowest BCUT2D eigenvalue weighted by Gasteiger charge is -2.23. The Labute approximate surface area is 203 Å². The van der Waals surface area contributed by atoms with Crippen LogP contribution in [-0.2, 0) is 0 Å². The van der Waals surface area contributed by atoms with Crippen molar-refractivity contribution in [2.24, 2.45) is 0 Å². The summed E-state index contributed by atoms with van der Waals surface area (Å²) in [5.41, 5.74) is 5.30. The van der Waals surface area contributed by atoms with Gasteiger partial charge >= 0.3 is 0 Å². The van der Waals surface area contributed by atoms with E-state index in [4.69, 9.17) is 28.9 Å². The van der Waals surface area contributed by atoms with E-state index >= 15 is 0 Å². The van der Waals surface area contributed by atoms with Crippen LogP contribution in [0.3, 0.4) is 0 Å². The Morgan fingerprint density at radius 3 is 2.59 bits per heavy atom. The molecule has 1 fully saturated rings. The zero-order chi connectivity index (χ0) is 24.4. The molecule has 1 saturated heterocycles. The van der Waals surface area contributed by atoms with Gasteiger partial charge in [0.05, 0.1) is 27.6 Å². The Kier molecular flexibility index (Phi) is 7.11. The van der Waals surface area contributed by atoms with Gasteiger partial charge in [-0.3, -0.25) is 19.1 Å². The Hall–Kier alpha value is -3.08. The summed E-state index contributed by atoms with van der Waals surface area (Å²) in [4.78, 5) is 34.2. The molecule has 3 heterocycles. The van der Waals surface area contributed by atoms with Crippen LogP contribution in [0.25, 0.3) is 5.69 Å². The van der Waals surface area contributed by atoms with Gasteiger partial charge in [-0.2, -0.15) is 0 Å². The first kappa shape index (κ1) is 24.1. The topological polar surface area (TPSA) is 115 Å². The zero-order valence-electron chi connectivity index (χ0n) is 17.7. The quantitative estimate of drug-likeness (QED) is 0.466. The fourth-order valence-electron chi connectivity index (χ4n) is 3.83. The monoisotopic (exact) mass is 508 g/mol. The molecular weight excluding hydrogens is 489 g/mol. The maximum absolute atomic E-state index is 13.2. The van der Waals surface area contributed by atoms with Crippen LogP contribution in [0.5, 0.6) is 0 Å². The predicted octanol–water partition coefficient (Wildman–Crippen LogP) is 4.52. The highest BCUT2D eigenvalue weighted by Crippen LogP contribution is 2.33. The summed E-state index contributed by atoms with van der Waals surface area (Å²) in [5.74, 6) is -1.12. The van der Waals surface area contributed by atoms with Gasteiger partial charge in [-0.25, -0.2) is 13.8 Å². The fraction of sp³-hybridized carbons (Fsp3) is 0.273. The summed E-state index contributed by atoms with van der Waals surface area (Å²) in [7, 11) is 0. The van der Waals surface area contributed by atoms with Crippen molar-refractivity contribution in [3.8, 4) is 5.69 Å². The molecule has 1 amide bonds. The van der Waals surface area contributed by atoms with Crippen molar-refractivity contribution < 1.29 is 13.6 Å². The van der Waals surface area contributed by atoms with Crippen LogP contribution in [0, 0.1) is 0 Å². The smallest absolute Gasteiger partial charge is 0.273 e. The van der Waals surface area contributed by atoms with E-state index in [1.807, 2.05) is 0 Å². The fourth-order valence-corrected chi connectivity index (χ4v) is 4.51. The van der Waals surface area contributed by atoms with E-state index in [-0.39, 0.29) is 27.6 Å². The number of piperidine rings is 1. The molecule has 8 nitrogen and oxygen atoms in total. The molecule has 1 atom stereocenters. The molecule has 12 heteroatoms. The van der Waals surface area contributed by atoms with Gasteiger partial charge in [0.1, 0.15) is 17.7 Å². The molecule has 2 aromatic heterocycles. The zero-order valence-corrected chi connectivity index (χ0v) is 19.2. The summed E-state index contributed by atoms with van der Waals surface area (Å²) in [6.45, 7) is 0.899. The molecule has 178 valence electrons. The molecule has 1 aromatic carbocycles. The molecule has 4 rings (SSSR count). The summed E-state index contributed by atoms with van der Waals surface area (Å²) in [5, 5.41) is 5.61. The van der Waals surface area contributed by atoms with Crippen LogP contribution in [0.1, 0.15) is 53.2 Å². The SMILES string of the molecule is Nc1ncn(-c2c(Cl)cc(C(F)F)cc2Cl)c(=O)c1C(=O)Nc1cncc([C@@H]2CCCCN2)c1. The van der Waals surface area contributed by atoms with Gasteiger partial charge in [0.25, 0.3) is 17.9 Å². The predicted molar refractivity (Wildman–Crippen MR) is 126 cm³/mol. The minimum Gasteiger partial charge on any atom is -0.383 e. The van der Waals surface area contributed by atoms with Crippen molar-refractivity contribution in [3.63, 3.8) is 0 Å². The largest absolute Gasteiger partial charge is 0.383 e. The number of nitrogens with zero attached hydrogens (tertiary/aromatic N) is 3. The summed E-state index contributed by atoms with van der Waals surface area (Å²) >= 11 is 12.3. The van der Waals surface area contributed by atoms with Crippen LogP contribution in [-0.4, -0.2) is 27.0 Å². The minimum atomic E-state index is -2.81. The van der Waals surface area contributed by atoms with E-state index in [1.165, 1.54) is 6.20 Å². The highest BCUT2D eigenvalue weighted by atomic mass is 35.5. The number of nitrogens with two attached hydrogens (primary N) is 1. The van der Waals surface area contributed by atoms with Crippen molar-refractivity contribution in [2.75, 3.05) is 17.6 Å². The molecule has 4 N–H and O–H groups in total. The third-order valence-corrected chi connectivity index (χ3v) is 6.07. The number of amides is 1. The Morgan fingerprint density at radius 1 is 1.21 bits per heavy atom. The number of rotatable bonds is 5. The lowest BCUT2D eigenvalue weighted by molar-refractivity contribution is 0.102. The Morgan fingerprint density at radius 2 is 1.94 bits per heavy atom. The third-order valence-electron chi connectivity index (χ3n) is 5.49. The molecule has 0 saturated carbocycles. The molecule has 0 radical (unpaired) electrons. The second-order valence-corrected chi connectivity index (χ2v) is 8.59. The molecule has 0 unspecified atom stereocenters. The average molecular weight is 509 g/mol. The van der Waals surface area contributed by atoms with Crippen LogP contribution in [0.15, 0.2) is 41.7 Å². The van der Waals surface area contributed by atoms with Gasteiger partial charge in [-0.1, -0.05) is 29.6 Å². The van der Waals surface area contributed by atoms with Gasteiger partial charge in [0, 0.05) is 17.8 Å². The van der Waals surface area contributed by atoms with Crippen LogP contribution in [0.2, 0.25) is 10.0 Å². The Balaban J connectivity index is 1.67. The number of aromatic nitrogens is 3. The number of pyridine rings is 1. The number of hydrogen-bond acceptors (Lipinski definition) is 6. The molecule has 34 heavy (non-hydrogen) atoms. The molecule has 3 aromatic rings. The molecular formula is C22H20Cl2F2N6O2. The van der Waals surface area contributed by atoms with E-state index < -0.39 is 29.0 Å². The minimum absolute atomic E-state index is 0.0914. The maximum Gasteiger partial charge on any atom is 0.273 e. The summed E-state index contributed by atoms with van der Waals surface area (Å²) < 4.78 is 27.0. The number of nitrogens with one attached hydrogen (secondary N) is 2. The van der Waals surface area contributed by atoms with Gasteiger partial charge in [0.15, 0.2) is 0 Å². The highest BCUT2D eigenvalue weighted by Gasteiger charge is 2.23. The van der Waals surface area contributed by atoms with E-state index in [0.29, 0.717) is 5.69 Å². The normalized spacial score (nSPS) is 16.0. The molecule has 1 aliphatic heterocycles. The molecule has 0 aliphatic carbocycles. The van der Waals surface area contributed by atoms with E-state index in [2.05, 4.69) is 20.6 Å². The molecule has 1 aliphatic rings. The van der Waals surface area contributed by atoms with Gasteiger partial charge < -0.3 is 16.4 Å². The highest BCUT2D eigenvalue weighted by molar-refractivity contribution is 6.37. The number of hydrogen-bond donors (Lipinski definition) is 3. The number of alkyl halides is 2. The molecule has 0 bridgehead atoms. The standard InChI is InChI=1S/C22H20Cl2F2N6O2/c23-14-6-11(19(25)26)7-15(24)18(14)32-10-30-20(27)17(22(32)34)21(33)31-13-5-12(8-28-9-13)16-3-1-2-4-29-16/h5-10,16,19,29H,1-4,27H2,(H,31,33)/t16-/m0/s1. The first-order valence-corrected chi connectivity index (χ1v) is 11.2. The second-order valence-electron chi connectivity index (χ2n) is 7.78. The van der Waals surface area contributed by atoms with Gasteiger partial charge in [-0.15, -0.1) is 0 Å². The summed E-state index contributed by atoms with van der Waals surface area (Å²) in [6, 6.07) is 3.88. The lowest BCUT2D eigenvalue weighted by Crippen LogP contribution is -2.31. The number of anilines is 2. The second kappa shape index (κ2) is 10.0. The third kappa shape index (κ3) is 4.89. The van der Waals surface area contributed by atoms with Crippen LogP contribution in [0.4, 0.5) is 20.3 Å². The van der Waals surface area contributed by atoms with E-state index in [9.17, 15) is 18.4 Å². The first-order valence-electron chi connectivity index (χ1n) is 10.4. The Bertz CT molecular complexity index is 1270. The number of halogens is 4. The van der Waals surface area contributed by atoms with Crippen LogP contribution >= 0.6 is 23.2 Å². The van der Waals surface area contributed by atoms with Crippen molar-refractivity contribution in [1.29, 1.82) is 0 Å². The van der Waals surface area contributed by atoms with E-state index in [0.717, 1.165) is 54.4 Å². The van der Waals surface area contributed by atoms with Crippen molar-refractivity contribution in [1.82, 2.24) is 19.9 Å². The number of carbonyl (C=O) groups is 1. The van der Waals surface area contributed by atoms with Crippen molar-refractivity contribution >= 4 is 40.6 Å². The van der Waals surface area contributed by atoms with Gasteiger partial charge in [0.2, 0.25) is 0 Å². The number of benzene rings is 1. The summed E-state index contributed by atoms with van der Waals surface area (Å²) in [6.07, 6.45) is 4.53.